The standard InChI is InChI=1S/C39H36O13/c1-45-38-33(52-37(44)27-20-12-5-13-21-27)31(50-35(42)25-16-8-3-9-17-25)29(49-38)23-47-39-32(51-36(43)26-18-10-4-11-19-26)30(40)28(48-39)22-46-34(41)24-14-6-2-7-15-24/h2-21,28-33,38-40H,22-23H2,1H3/t28-,29-,30-,31-,32+,33+,38+,39+/m1/s1. The van der Waals surface area contributed by atoms with Crippen molar-refractivity contribution in [2.24, 2.45) is 0 Å². The van der Waals surface area contributed by atoms with Crippen LogP contribution in [-0.4, -0.2) is 98.5 Å². The minimum atomic E-state index is -1.48. The first kappa shape index (κ1) is 36.4. The molecule has 2 aliphatic heterocycles. The zero-order valence-corrected chi connectivity index (χ0v) is 27.9. The molecule has 2 aliphatic rings. The highest BCUT2D eigenvalue weighted by atomic mass is 16.8. The molecule has 0 bridgehead atoms. The van der Waals surface area contributed by atoms with Crippen molar-refractivity contribution in [1.29, 1.82) is 0 Å². The summed E-state index contributed by atoms with van der Waals surface area (Å²) < 4.78 is 46.3. The highest BCUT2D eigenvalue weighted by Gasteiger charge is 2.53. The van der Waals surface area contributed by atoms with Gasteiger partial charge in [0, 0.05) is 7.11 Å². The van der Waals surface area contributed by atoms with Gasteiger partial charge >= 0.3 is 23.9 Å². The van der Waals surface area contributed by atoms with E-state index in [1.165, 1.54) is 7.11 Å². The first-order valence-electron chi connectivity index (χ1n) is 16.5. The van der Waals surface area contributed by atoms with Crippen molar-refractivity contribution in [2.75, 3.05) is 20.3 Å². The SMILES string of the molecule is CO[C@H]1O[C@H](CO[C@H]2O[C@H](COC(=O)c3ccccc3)[C@@H](O)[C@@H]2OC(=O)c2ccccc2)[C@@H](OC(=O)c2ccccc2)[C@@H]1OC(=O)c1ccccc1. The summed E-state index contributed by atoms with van der Waals surface area (Å²) in [5.74, 6) is -2.84. The van der Waals surface area contributed by atoms with Crippen molar-refractivity contribution in [2.45, 2.75) is 49.2 Å². The van der Waals surface area contributed by atoms with E-state index in [1.54, 1.807) is 121 Å². The fraction of sp³-hybridized carbons (Fsp3) is 0.282. The van der Waals surface area contributed by atoms with Gasteiger partial charge in [0.1, 0.15) is 24.9 Å². The zero-order chi connectivity index (χ0) is 36.5. The summed E-state index contributed by atoms with van der Waals surface area (Å²) in [7, 11) is 1.34. The molecule has 0 aromatic heterocycles. The number of rotatable bonds is 13. The number of carbonyl (C=O) groups excluding carboxylic acids is 4. The van der Waals surface area contributed by atoms with E-state index in [4.69, 9.17) is 37.9 Å². The van der Waals surface area contributed by atoms with Crippen LogP contribution in [-0.2, 0) is 37.9 Å². The van der Waals surface area contributed by atoms with Gasteiger partial charge in [0.2, 0.25) is 0 Å². The second-order valence-corrected chi connectivity index (χ2v) is 11.8. The third-order valence-electron chi connectivity index (χ3n) is 8.37. The summed E-state index contributed by atoms with van der Waals surface area (Å²) in [5, 5.41) is 11.3. The van der Waals surface area contributed by atoms with Gasteiger partial charge in [-0.15, -0.1) is 0 Å². The number of aliphatic hydroxyl groups is 1. The van der Waals surface area contributed by atoms with Crippen molar-refractivity contribution < 1.29 is 62.2 Å². The van der Waals surface area contributed by atoms with E-state index in [2.05, 4.69) is 0 Å². The number of hydrogen-bond acceptors (Lipinski definition) is 13. The number of methoxy groups -OCH3 is 1. The second-order valence-electron chi connectivity index (χ2n) is 11.8. The number of esters is 4. The van der Waals surface area contributed by atoms with Gasteiger partial charge in [-0.3, -0.25) is 0 Å². The molecule has 2 heterocycles. The van der Waals surface area contributed by atoms with Gasteiger partial charge in [-0.05, 0) is 48.5 Å². The fourth-order valence-electron chi connectivity index (χ4n) is 5.69. The number of hydrogen-bond donors (Lipinski definition) is 1. The summed E-state index contributed by atoms with van der Waals surface area (Å²) in [5.41, 5.74) is 0.991. The quantitative estimate of drug-likeness (QED) is 0.157. The molecular weight excluding hydrogens is 676 g/mol. The predicted octanol–water partition coefficient (Wildman–Crippen LogP) is 3.99. The summed E-state index contributed by atoms with van der Waals surface area (Å²) in [6, 6.07) is 32.8. The summed E-state index contributed by atoms with van der Waals surface area (Å²) in [4.78, 5) is 52.1. The molecular formula is C39H36O13. The fourth-order valence-corrected chi connectivity index (χ4v) is 5.69. The Morgan fingerprint density at radius 1 is 0.519 bits per heavy atom. The molecule has 13 heteroatoms. The summed E-state index contributed by atoms with van der Waals surface area (Å²) in [6.07, 6.45) is -10.2. The molecule has 6 rings (SSSR count). The summed E-state index contributed by atoms with van der Waals surface area (Å²) >= 11 is 0. The molecule has 52 heavy (non-hydrogen) atoms. The highest BCUT2D eigenvalue weighted by Crippen LogP contribution is 2.32. The molecule has 0 unspecified atom stereocenters. The monoisotopic (exact) mass is 712 g/mol. The smallest absolute Gasteiger partial charge is 0.338 e. The average Bonchev–Trinajstić information content (AvgIpc) is 3.68. The van der Waals surface area contributed by atoms with E-state index in [-0.39, 0.29) is 23.3 Å². The van der Waals surface area contributed by atoms with E-state index in [0.717, 1.165) is 0 Å². The largest absolute Gasteiger partial charge is 0.459 e. The lowest BCUT2D eigenvalue weighted by Gasteiger charge is -2.25. The topological polar surface area (TPSA) is 162 Å². The lowest BCUT2D eigenvalue weighted by atomic mass is 10.1. The Morgan fingerprint density at radius 2 is 0.923 bits per heavy atom. The molecule has 1 N–H and O–H groups in total. The normalized spacial score (nSPS) is 25.2. The minimum Gasteiger partial charge on any atom is -0.459 e. The lowest BCUT2D eigenvalue weighted by molar-refractivity contribution is -0.202. The van der Waals surface area contributed by atoms with Gasteiger partial charge in [-0.1, -0.05) is 72.8 Å². The highest BCUT2D eigenvalue weighted by molar-refractivity contribution is 5.91. The Kier molecular flexibility index (Phi) is 12.0. The Bertz CT molecular complexity index is 1790. The lowest BCUT2D eigenvalue weighted by Crippen LogP contribution is -2.43. The van der Waals surface area contributed by atoms with Crippen LogP contribution in [0.2, 0.25) is 0 Å². The van der Waals surface area contributed by atoms with Crippen molar-refractivity contribution in [3.05, 3.63) is 144 Å². The second kappa shape index (κ2) is 17.2. The molecule has 0 aliphatic carbocycles. The van der Waals surface area contributed by atoms with Crippen LogP contribution in [0.25, 0.3) is 0 Å². The Labute approximate surface area is 298 Å². The average molecular weight is 713 g/mol. The van der Waals surface area contributed by atoms with Crippen LogP contribution in [0.5, 0.6) is 0 Å². The van der Waals surface area contributed by atoms with E-state index < -0.39 is 79.7 Å². The number of carbonyl (C=O) groups is 4. The van der Waals surface area contributed by atoms with Crippen molar-refractivity contribution in [1.82, 2.24) is 0 Å². The van der Waals surface area contributed by atoms with Crippen molar-refractivity contribution >= 4 is 23.9 Å². The molecule has 2 fully saturated rings. The molecule has 2 saturated heterocycles. The Balaban J connectivity index is 1.20. The maximum Gasteiger partial charge on any atom is 0.338 e. The molecule has 270 valence electrons. The predicted molar refractivity (Wildman–Crippen MR) is 180 cm³/mol. The van der Waals surface area contributed by atoms with Crippen LogP contribution < -0.4 is 0 Å². The van der Waals surface area contributed by atoms with E-state index in [1.807, 2.05) is 0 Å². The van der Waals surface area contributed by atoms with Gasteiger partial charge in [-0.2, -0.15) is 0 Å². The van der Waals surface area contributed by atoms with Crippen LogP contribution in [0, 0.1) is 0 Å². The van der Waals surface area contributed by atoms with Crippen LogP contribution >= 0.6 is 0 Å². The van der Waals surface area contributed by atoms with Crippen molar-refractivity contribution in [3.63, 3.8) is 0 Å². The maximum atomic E-state index is 13.3. The number of aliphatic hydroxyl groups excluding tert-OH is 1. The van der Waals surface area contributed by atoms with Gasteiger partial charge in [0.05, 0.1) is 28.9 Å². The first-order chi connectivity index (χ1) is 25.3. The molecule has 4 aromatic rings. The van der Waals surface area contributed by atoms with Gasteiger partial charge in [0.15, 0.2) is 30.9 Å². The number of benzene rings is 4. The molecule has 0 saturated carbocycles. The Hall–Kier alpha value is -5.44. The van der Waals surface area contributed by atoms with E-state index in [0.29, 0.717) is 5.56 Å². The van der Waals surface area contributed by atoms with Gasteiger partial charge in [-0.25, -0.2) is 19.2 Å². The Morgan fingerprint density at radius 3 is 1.38 bits per heavy atom. The molecule has 0 spiro atoms. The first-order valence-corrected chi connectivity index (χ1v) is 16.5. The molecule has 4 aromatic carbocycles. The minimum absolute atomic E-state index is 0.213. The van der Waals surface area contributed by atoms with E-state index in [9.17, 15) is 24.3 Å². The zero-order valence-electron chi connectivity index (χ0n) is 27.9. The third-order valence-corrected chi connectivity index (χ3v) is 8.37. The van der Waals surface area contributed by atoms with Gasteiger partial charge in [0.25, 0.3) is 0 Å². The third kappa shape index (κ3) is 8.70. The van der Waals surface area contributed by atoms with Crippen molar-refractivity contribution in [3.8, 4) is 0 Å². The van der Waals surface area contributed by atoms with Crippen LogP contribution in [0.4, 0.5) is 0 Å². The van der Waals surface area contributed by atoms with Gasteiger partial charge < -0.3 is 43.0 Å². The molecule has 0 radical (unpaired) electrons. The molecule has 8 atom stereocenters. The van der Waals surface area contributed by atoms with Crippen LogP contribution in [0.1, 0.15) is 41.4 Å². The molecule has 0 amide bonds. The summed E-state index contributed by atoms with van der Waals surface area (Å²) in [6.45, 7) is -0.770. The van der Waals surface area contributed by atoms with Crippen LogP contribution in [0.3, 0.4) is 0 Å². The molecule has 13 nitrogen and oxygen atoms in total. The maximum absolute atomic E-state index is 13.3. The number of ether oxygens (including phenoxy) is 8. The van der Waals surface area contributed by atoms with E-state index >= 15 is 0 Å². The van der Waals surface area contributed by atoms with Crippen LogP contribution in [0.15, 0.2) is 121 Å².